The van der Waals surface area contributed by atoms with E-state index in [1.165, 1.54) is 69.9 Å². The molecular weight excluding hydrogens is 568 g/mol. The zero-order chi connectivity index (χ0) is 31.4. The molecule has 2 unspecified atom stereocenters. The maximum Gasteiger partial charge on any atom is 0.254 e. The van der Waals surface area contributed by atoms with E-state index >= 15 is 8.78 Å². The second-order valence-corrected chi connectivity index (χ2v) is 13.7. The van der Waals surface area contributed by atoms with E-state index in [-0.39, 0.29) is 18.1 Å². The third-order valence-corrected chi connectivity index (χ3v) is 10.5. The number of hydrogen-bond donors (Lipinski definition) is 0. The molecule has 0 aromatic heterocycles. The van der Waals surface area contributed by atoms with Gasteiger partial charge < -0.3 is 14.2 Å². The van der Waals surface area contributed by atoms with Crippen LogP contribution >= 0.6 is 0 Å². The number of rotatable bonds is 16. The van der Waals surface area contributed by atoms with Gasteiger partial charge in [0.05, 0.1) is 25.9 Å². The predicted octanol–water partition coefficient (Wildman–Crippen LogP) is 11.1. The quantitative estimate of drug-likeness (QED) is 0.104. The first kappa shape index (κ1) is 35.1. The van der Waals surface area contributed by atoms with Crippen LogP contribution in [0.15, 0.2) is 24.3 Å². The summed E-state index contributed by atoms with van der Waals surface area (Å²) in [6.45, 7) is 5.16. The molecule has 0 radical (unpaired) electrons. The molecule has 2 atom stereocenters. The van der Waals surface area contributed by atoms with Crippen LogP contribution in [0.1, 0.15) is 123 Å². The molecule has 3 nitrogen and oxygen atoms in total. The fourth-order valence-electron chi connectivity index (χ4n) is 7.49. The highest BCUT2D eigenvalue weighted by molar-refractivity contribution is 5.35. The van der Waals surface area contributed by atoms with Gasteiger partial charge in [0.15, 0.2) is 11.5 Å². The lowest BCUT2D eigenvalue weighted by molar-refractivity contribution is -0.0865. The van der Waals surface area contributed by atoms with E-state index < -0.39 is 29.9 Å². The summed E-state index contributed by atoms with van der Waals surface area (Å²) < 4.78 is 75.6. The molecule has 1 heterocycles. The smallest absolute Gasteiger partial charge is 0.254 e. The first-order valence-corrected chi connectivity index (χ1v) is 17.7. The van der Waals surface area contributed by atoms with Crippen molar-refractivity contribution in [3.05, 3.63) is 35.9 Å². The van der Waals surface area contributed by atoms with Crippen LogP contribution in [0.5, 0.6) is 11.5 Å². The Morgan fingerprint density at radius 2 is 1.30 bits per heavy atom. The Morgan fingerprint density at radius 1 is 0.727 bits per heavy atom. The Labute approximate surface area is 263 Å². The van der Waals surface area contributed by atoms with Crippen molar-refractivity contribution in [3.8, 4) is 11.5 Å². The molecule has 4 rings (SSSR count). The van der Waals surface area contributed by atoms with Gasteiger partial charge in [0.2, 0.25) is 11.6 Å². The highest BCUT2D eigenvalue weighted by Gasteiger charge is 2.41. The summed E-state index contributed by atoms with van der Waals surface area (Å²) in [6, 6.07) is 2.55. The predicted molar refractivity (Wildman–Crippen MR) is 168 cm³/mol. The third-order valence-electron chi connectivity index (χ3n) is 10.5. The standard InChI is InChI=1S/C37H56F4O3/c1-3-5-7-24-42-33-21-22-34(36(39)35(33)38)43-25-23-37(40,41)31-18-13-28(14-19-31)10-9-27-11-15-29(16-12-27)30-17-20-32(44-26-30)8-6-4-2/h9-10,21-22,27-32H,3-8,11-20,23-26H2,1-2H3. The number of ether oxygens (including phenoxy) is 3. The summed E-state index contributed by atoms with van der Waals surface area (Å²) >= 11 is 0. The Morgan fingerprint density at radius 3 is 1.86 bits per heavy atom. The maximum absolute atomic E-state index is 15.0. The number of hydrogen-bond acceptors (Lipinski definition) is 3. The van der Waals surface area contributed by atoms with E-state index in [1.54, 1.807) is 0 Å². The molecule has 0 amide bonds. The molecule has 2 saturated carbocycles. The van der Waals surface area contributed by atoms with Crippen LogP contribution in [-0.4, -0.2) is 31.8 Å². The number of allylic oxidation sites excluding steroid dienone is 2. The highest BCUT2D eigenvalue weighted by atomic mass is 19.3. The van der Waals surface area contributed by atoms with Crippen LogP contribution in [0.25, 0.3) is 0 Å². The van der Waals surface area contributed by atoms with E-state index in [1.807, 2.05) is 6.92 Å². The molecule has 1 aromatic carbocycles. The van der Waals surface area contributed by atoms with Gasteiger partial charge in [0, 0.05) is 12.3 Å². The molecule has 1 aromatic rings. The van der Waals surface area contributed by atoms with E-state index in [2.05, 4.69) is 19.1 Å². The Bertz CT molecular complexity index is 991. The summed E-state index contributed by atoms with van der Waals surface area (Å²) in [5.74, 6) is -3.99. The summed E-state index contributed by atoms with van der Waals surface area (Å²) in [4.78, 5) is 0. The van der Waals surface area contributed by atoms with E-state index in [4.69, 9.17) is 14.2 Å². The first-order valence-electron chi connectivity index (χ1n) is 17.7. The van der Waals surface area contributed by atoms with E-state index in [0.717, 1.165) is 50.5 Å². The van der Waals surface area contributed by atoms with Crippen molar-refractivity contribution in [1.29, 1.82) is 0 Å². The van der Waals surface area contributed by atoms with Crippen molar-refractivity contribution < 1.29 is 31.8 Å². The lowest BCUT2D eigenvalue weighted by Gasteiger charge is -2.37. The Balaban J connectivity index is 1.12. The highest BCUT2D eigenvalue weighted by Crippen LogP contribution is 2.42. The lowest BCUT2D eigenvalue weighted by Crippen LogP contribution is -2.33. The van der Waals surface area contributed by atoms with Crippen molar-refractivity contribution in [2.45, 2.75) is 135 Å². The Kier molecular flexibility index (Phi) is 14.2. The normalized spacial score (nSPS) is 28.3. The van der Waals surface area contributed by atoms with Crippen molar-refractivity contribution in [2.24, 2.45) is 29.6 Å². The number of alkyl halides is 2. The molecule has 2 aliphatic carbocycles. The molecule has 7 heteroatoms. The van der Waals surface area contributed by atoms with Crippen molar-refractivity contribution in [1.82, 2.24) is 0 Å². The molecule has 0 spiro atoms. The molecular formula is C37H56F4O3. The topological polar surface area (TPSA) is 27.7 Å². The minimum absolute atomic E-state index is 0.180. The summed E-state index contributed by atoms with van der Waals surface area (Å²) in [6.07, 6.45) is 21.1. The average Bonchev–Trinajstić information content (AvgIpc) is 3.04. The zero-order valence-corrected chi connectivity index (χ0v) is 27.2. The molecule has 1 aliphatic heterocycles. The first-order chi connectivity index (χ1) is 21.3. The molecule has 250 valence electrons. The lowest BCUT2D eigenvalue weighted by atomic mass is 9.73. The SMILES string of the molecule is CCCCCOc1ccc(OCCC(F)(F)C2CCC(C=CC3CCC(C4CCC(CCCC)OC4)CC3)CC2)c(F)c1F. The summed E-state index contributed by atoms with van der Waals surface area (Å²) in [5, 5.41) is 0. The van der Waals surface area contributed by atoms with Gasteiger partial charge in [-0.05, 0) is 113 Å². The van der Waals surface area contributed by atoms with Gasteiger partial charge in [-0.1, -0.05) is 51.7 Å². The average molecular weight is 625 g/mol. The molecule has 44 heavy (non-hydrogen) atoms. The van der Waals surface area contributed by atoms with Crippen LogP contribution in [0.3, 0.4) is 0 Å². The molecule has 0 bridgehead atoms. The third kappa shape index (κ3) is 10.4. The molecule has 0 N–H and O–H groups in total. The monoisotopic (exact) mass is 624 g/mol. The number of unbranched alkanes of at least 4 members (excludes halogenated alkanes) is 3. The zero-order valence-electron chi connectivity index (χ0n) is 27.2. The Hall–Kier alpha value is -1.76. The van der Waals surface area contributed by atoms with Crippen LogP contribution in [-0.2, 0) is 4.74 Å². The second-order valence-electron chi connectivity index (χ2n) is 13.7. The van der Waals surface area contributed by atoms with Crippen LogP contribution < -0.4 is 9.47 Å². The largest absolute Gasteiger partial charge is 0.490 e. The number of halogens is 4. The van der Waals surface area contributed by atoms with E-state index in [9.17, 15) is 8.78 Å². The van der Waals surface area contributed by atoms with Gasteiger partial charge >= 0.3 is 0 Å². The maximum atomic E-state index is 15.0. The number of benzene rings is 1. The van der Waals surface area contributed by atoms with Crippen molar-refractivity contribution >= 4 is 0 Å². The van der Waals surface area contributed by atoms with Gasteiger partial charge in [0.1, 0.15) is 0 Å². The minimum Gasteiger partial charge on any atom is -0.490 e. The minimum atomic E-state index is -2.90. The van der Waals surface area contributed by atoms with Crippen molar-refractivity contribution in [2.75, 3.05) is 19.8 Å². The molecule has 3 fully saturated rings. The van der Waals surface area contributed by atoms with E-state index in [0.29, 0.717) is 37.4 Å². The van der Waals surface area contributed by atoms with Crippen molar-refractivity contribution in [3.63, 3.8) is 0 Å². The van der Waals surface area contributed by atoms with Gasteiger partial charge in [-0.2, -0.15) is 8.78 Å². The van der Waals surface area contributed by atoms with Crippen LogP contribution in [0.4, 0.5) is 17.6 Å². The van der Waals surface area contributed by atoms with Gasteiger partial charge in [-0.15, -0.1) is 0 Å². The fourth-order valence-corrected chi connectivity index (χ4v) is 7.49. The van der Waals surface area contributed by atoms with Crippen LogP contribution in [0, 0.1) is 41.2 Å². The second kappa shape index (κ2) is 17.8. The fraction of sp³-hybridized carbons (Fsp3) is 0.784. The molecule has 3 aliphatic rings. The van der Waals surface area contributed by atoms with Gasteiger partial charge in [-0.25, -0.2) is 8.78 Å². The summed E-state index contributed by atoms with van der Waals surface area (Å²) in [7, 11) is 0. The molecule has 1 saturated heterocycles. The van der Waals surface area contributed by atoms with Gasteiger partial charge in [-0.3, -0.25) is 0 Å². The van der Waals surface area contributed by atoms with Crippen LogP contribution in [0.2, 0.25) is 0 Å². The van der Waals surface area contributed by atoms with Gasteiger partial charge in [0.25, 0.3) is 5.92 Å². The summed E-state index contributed by atoms with van der Waals surface area (Å²) in [5.41, 5.74) is 0.